The molecule has 6 heteroatoms. The van der Waals surface area contributed by atoms with E-state index in [1.165, 1.54) is 4.88 Å². The SMILES string of the molecule is CNc1nc(C2COCCO2)nc2sc(C)cc12. The topological polar surface area (TPSA) is 56.3 Å². The van der Waals surface area contributed by atoms with E-state index in [0.29, 0.717) is 25.6 Å². The molecule has 5 nitrogen and oxygen atoms in total. The number of hydrogen-bond donors (Lipinski definition) is 1. The fraction of sp³-hybridized carbons (Fsp3) is 0.500. The Hall–Kier alpha value is -1.24. The molecule has 0 amide bonds. The van der Waals surface area contributed by atoms with Crippen LogP contribution in [0.3, 0.4) is 0 Å². The Labute approximate surface area is 109 Å². The second-order valence-corrected chi connectivity index (χ2v) is 5.43. The van der Waals surface area contributed by atoms with Crippen molar-refractivity contribution in [3.05, 3.63) is 16.8 Å². The van der Waals surface area contributed by atoms with E-state index in [0.717, 1.165) is 16.0 Å². The molecular weight excluding hydrogens is 250 g/mol. The fourth-order valence-corrected chi connectivity index (χ4v) is 2.92. The normalized spacial score (nSPS) is 20.2. The van der Waals surface area contributed by atoms with Crippen molar-refractivity contribution in [2.75, 3.05) is 32.2 Å². The van der Waals surface area contributed by atoms with E-state index < -0.39 is 0 Å². The van der Waals surface area contributed by atoms with Crippen molar-refractivity contribution < 1.29 is 9.47 Å². The number of rotatable bonds is 2. The summed E-state index contributed by atoms with van der Waals surface area (Å²) < 4.78 is 11.1. The minimum atomic E-state index is -0.155. The van der Waals surface area contributed by atoms with Crippen LogP contribution in [0.5, 0.6) is 0 Å². The van der Waals surface area contributed by atoms with Gasteiger partial charge in [-0.3, -0.25) is 0 Å². The van der Waals surface area contributed by atoms with Crippen molar-refractivity contribution in [3.63, 3.8) is 0 Å². The van der Waals surface area contributed by atoms with Gasteiger partial charge in [0.2, 0.25) is 0 Å². The highest BCUT2D eigenvalue weighted by Gasteiger charge is 2.21. The number of aromatic nitrogens is 2. The number of nitrogens with zero attached hydrogens (tertiary/aromatic N) is 2. The average Bonchev–Trinajstić information content (AvgIpc) is 2.78. The highest BCUT2D eigenvalue weighted by molar-refractivity contribution is 7.18. The summed E-state index contributed by atoms with van der Waals surface area (Å²) in [4.78, 5) is 11.4. The van der Waals surface area contributed by atoms with Crippen LogP contribution in [0.2, 0.25) is 0 Å². The zero-order chi connectivity index (χ0) is 12.5. The van der Waals surface area contributed by atoms with E-state index in [1.54, 1.807) is 11.3 Å². The number of ether oxygens (including phenoxy) is 2. The van der Waals surface area contributed by atoms with Gasteiger partial charge >= 0.3 is 0 Å². The molecule has 1 unspecified atom stereocenters. The van der Waals surface area contributed by atoms with Gasteiger partial charge < -0.3 is 14.8 Å². The van der Waals surface area contributed by atoms with Gasteiger partial charge in [-0.05, 0) is 13.0 Å². The van der Waals surface area contributed by atoms with Gasteiger partial charge in [0, 0.05) is 11.9 Å². The van der Waals surface area contributed by atoms with Crippen LogP contribution in [0.1, 0.15) is 16.8 Å². The Morgan fingerprint density at radius 1 is 1.39 bits per heavy atom. The lowest BCUT2D eigenvalue weighted by molar-refractivity contribution is -0.0933. The lowest BCUT2D eigenvalue weighted by atomic mass is 10.3. The Balaban J connectivity index is 2.06. The minimum absolute atomic E-state index is 0.155. The molecule has 1 fully saturated rings. The first-order valence-corrected chi connectivity index (χ1v) is 6.75. The monoisotopic (exact) mass is 265 g/mol. The first-order valence-electron chi connectivity index (χ1n) is 5.93. The van der Waals surface area contributed by atoms with Crippen molar-refractivity contribution in [1.29, 1.82) is 0 Å². The molecule has 1 atom stereocenters. The molecule has 0 spiro atoms. The summed E-state index contributed by atoms with van der Waals surface area (Å²) >= 11 is 1.67. The van der Waals surface area contributed by atoms with Crippen LogP contribution in [0, 0.1) is 6.92 Å². The molecule has 3 rings (SSSR count). The van der Waals surface area contributed by atoms with Gasteiger partial charge in [0.05, 0.1) is 25.2 Å². The molecule has 0 saturated carbocycles. The first kappa shape index (κ1) is 11.8. The van der Waals surface area contributed by atoms with E-state index in [-0.39, 0.29) is 6.10 Å². The Kier molecular flexibility index (Phi) is 3.15. The van der Waals surface area contributed by atoms with Gasteiger partial charge in [-0.1, -0.05) is 0 Å². The summed E-state index contributed by atoms with van der Waals surface area (Å²) in [6.45, 7) is 3.85. The van der Waals surface area contributed by atoms with Gasteiger partial charge in [0.1, 0.15) is 16.8 Å². The lowest BCUT2D eigenvalue weighted by Crippen LogP contribution is -2.23. The Morgan fingerprint density at radius 3 is 3.00 bits per heavy atom. The number of anilines is 1. The van der Waals surface area contributed by atoms with Crippen LogP contribution in [-0.4, -0.2) is 36.8 Å². The molecule has 2 aromatic heterocycles. The number of hydrogen-bond acceptors (Lipinski definition) is 6. The molecule has 0 aromatic carbocycles. The van der Waals surface area contributed by atoms with Gasteiger partial charge in [-0.15, -0.1) is 11.3 Å². The van der Waals surface area contributed by atoms with Crippen molar-refractivity contribution >= 4 is 27.4 Å². The van der Waals surface area contributed by atoms with Crippen LogP contribution < -0.4 is 5.32 Å². The Morgan fingerprint density at radius 2 is 2.28 bits per heavy atom. The number of aryl methyl sites for hydroxylation is 1. The smallest absolute Gasteiger partial charge is 0.163 e. The van der Waals surface area contributed by atoms with Gasteiger partial charge in [-0.25, -0.2) is 9.97 Å². The predicted octanol–water partition coefficient (Wildman–Crippen LogP) is 2.13. The maximum atomic E-state index is 5.65. The molecule has 1 saturated heterocycles. The summed E-state index contributed by atoms with van der Waals surface area (Å²) in [6, 6.07) is 2.11. The maximum Gasteiger partial charge on any atom is 0.163 e. The zero-order valence-electron chi connectivity index (χ0n) is 10.4. The number of nitrogens with one attached hydrogen (secondary N) is 1. The zero-order valence-corrected chi connectivity index (χ0v) is 11.2. The fourth-order valence-electron chi connectivity index (χ4n) is 2.03. The molecule has 0 radical (unpaired) electrons. The first-order chi connectivity index (χ1) is 8.78. The van der Waals surface area contributed by atoms with Crippen molar-refractivity contribution in [1.82, 2.24) is 9.97 Å². The summed E-state index contributed by atoms with van der Waals surface area (Å²) in [5.74, 6) is 1.56. The average molecular weight is 265 g/mol. The molecule has 96 valence electrons. The largest absolute Gasteiger partial charge is 0.376 e. The van der Waals surface area contributed by atoms with E-state index in [2.05, 4.69) is 28.3 Å². The van der Waals surface area contributed by atoms with Gasteiger partial charge in [0.25, 0.3) is 0 Å². The molecule has 1 aliphatic rings. The molecule has 2 aromatic rings. The minimum Gasteiger partial charge on any atom is -0.376 e. The van der Waals surface area contributed by atoms with Crippen LogP contribution in [0.25, 0.3) is 10.2 Å². The van der Waals surface area contributed by atoms with E-state index in [9.17, 15) is 0 Å². The third-order valence-corrected chi connectivity index (χ3v) is 3.82. The standard InChI is InChI=1S/C12H15N3O2S/c1-7-5-8-10(13-2)14-11(15-12(8)18-7)9-6-16-3-4-17-9/h5,9H,3-4,6H2,1-2H3,(H,13,14,15). The molecule has 1 aliphatic heterocycles. The number of thiophene rings is 1. The summed E-state index contributed by atoms with van der Waals surface area (Å²) in [7, 11) is 1.87. The van der Waals surface area contributed by atoms with Crippen LogP contribution in [0.15, 0.2) is 6.07 Å². The van der Waals surface area contributed by atoms with E-state index >= 15 is 0 Å². The van der Waals surface area contributed by atoms with E-state index in [4.69, 9.17) is 9.47 Å². The molecule has 18 heavy (non-hydrogen) atoms. The highest BCUT2D eigenvalue weighted by atomic mass is 32.1. The van der Waals surface area contributed by atoms with Crippen LogP contribution in [0.4, 0.5) is 5.82 Å². The van der Waals surface area contributed by atoms with Crippen molar-refractivity contribution in [3.8, 4) is 0 Å². The van der Waals surface area contributed by atoms with E-state index in [1.807, 2.05) is 7.05 Å². The Bertz CT molecular complexity index is 564. The number of fused-ring (bicyclic) bond motifs is 1. The third-order valence-electron chi connectivity index (χ3n) is 2.87. The molecular formula is C12H15N3O2S. The highest BCUT2D eigenvalue weighted by Crippen LogP contribution is 2.30. The third kappa shape index (κ3) is 2.07. The molecule has 0 aliphatic carbocycles. The predicted molar refractivity (Wildman–Crippen MR) is 71.2 cm³/mol. The van der Waals surface area contributed by atoms with Gasteiger partial charge in [-0.2, -0.15) is 0 Å². The maximum absolute atomic E-state index is 5.65. The van der Waals surface area contributed by atoms with Crippen molar-refractivity contribution in [2.45, 2.75) is 13.0 Å². The quantitative estimate of drug-likeness (QED) is 0.901. The molecule has 3 heterocycles. The van der Waals surface area contributed by atoms with Crippen molar-refractivity contribution in [2.24, 2.45) is 0 Å². The summed E-state index contributed by atoms with van der Waals surface area (Å²) in [5, 5.41) is 4.19. The van der Waals surface area contributed by atoms with Crippen LogP contribution >= 0.6 is 11.3 Å². The lowest BCUT2D eigenvalue weighted by Gasteiger charge is -2.22. The molecule has 0 bridgehead atoms. The summed E-state index contributed by atoms with van der Waals surface area (Å²) in [5.41, 5.74) is 0. The van der Waals surface area contributed by atoms with Gasteiger partial charge in [0.15, 0.2) is 5.82 Å². The molecule has 1 N–H and O–H groups in total. The van der Waals surface area contributed by atoms with Crippen LogP contribution in [-0.2, 0) is 9.47 Å². The second kappa shape index (κ2) is 4.79. The second-order valence-electron chi connectivity index (χ2n) is 4.19. The summed E-state index contributed by atoms with van der Waals surface area (Å²) in [6.07, 6.45) is -0.155.